The van der Waals surface area contributed by atoms with Gasteiger partial charge in [0.15, 0.2) is 5.78 Å². The number of rotatable bonds is 4. The SMILES string of the molecule is CCOCC(=O)C1CC2CC2C1. The Labute approximate surface area is 73.3 Å². The number of fused-ring (bicyclic) bond motifs is 1. The minimum absolute atomic E-state index is 0.337. The van der Waals surface area contributed by atoms with Crippen LogP contribution in [0.1, 0.15) is 26.2 Å². The lowest BCUT2D eigenvalue weighted by atomic mass is 9.99. The van der Waals surface area contributed by atoms with Gasteiger partial charge in [-0.1, -0.05) is 0 Å². The summed E-state index contributed by atoms with van der Waals surface area (Å²) in [6.45, 7) is 2.94. The van der Waals surface area contributed by atoms with Crippen LogP contribution in [0.2, 0.25) is 0 Å². The first-order valence-electron chi connectivity index (χ1n) is 4.91. The fourth-order valence-corrected chi connectivity index (χ4v) is 2.30. The van der Waals surface area contributed by atoms with Crippen LogP contribution in [-0.2, 0) is 9.53 Å². The van der Waals surface area contributed by atoms with Crippen molar-refractivity contribution < 1.29 is 9.53 Å². The normalized spacial score (nSPS) is 37.9. The van der Waals surface area contributed by atoms with Gasteiger partial charge in [-0.05, 0) is 38.0 Å². The van der Waals surface area contributed by atoms with Crippen LogP contribution < -0.4 is 0 Å². The van der Waals surface area contributed by atoms with E-state index >= 15 is 0 Å². The summed E-state index contributed by atoms with van der Waals surface area (Å²) < 4.78 is 5.11. The molecule has 0 spiro atoms. The Morgan fingerprint density at radius 2 is 2.00 bits per heavy atom. The van der Waals surface area contributed by atoms with Crippen molar-refractivity contribution in [3.05, 3.63) is 0 Å². The highest BCUT2D eigenvalue weighted by atomic mass is 16.5. The number of ether oxygens (including phenoxy) is 1. The van der Waals surface area contributed by atoms with Crippen molar-refractivity contribution in [1.29, 1.82) is 0 Å². The Kier molecular flexibility index (Phi) is 2.18. The van der Waals surface area contributed by atoms with E-state index in [2.05, 4.69) is 0 Å². The molecule has 0 amide bonds. The van der Waals surface area contributed by atoms with Crippen molar-refractivity contribution in [2.45, 2.75) is 26.2 Å². The van der Waals surface area contributed by atoms with E-state index in [1.807, 2.05) is 6.92 Å². The van der Waals surface area contributed by atoms with Gasteiger partial charge in [0.05, 0.1) is 0 Å². The highest BCUT2D eigenvalue weighted by molar-refractivity contribution is 5.82. The lowest BCUT2D eigenvalue weighted by molar-refractivity contribution is -0.127. The van der Waals surface area contributed by atoms with Crippen molar-refractivity contribution in [3.8, 4) is 0 Å². The summed E-state index contributed by atoms with van der Waals surface area (Å²) in [5.74, 6) is 2.49. The van der Waals surface area contributed by atoms with Crippen LogP contribution >= 0.6 is 0 Å². The van der Waals surface area contributed by atoms with E-state index in [1.165, 1.54) is 6.42 Å². The van der Waals surface area contributed by atoms with Crippen LogP contribution in [0.25, 0.3) is 0 Å². The summed E-state index contributed by atoms with van der Waals surface area (Å²) in [4.78, 5) is 11.4. The van der Waals surface area contributed by atoms with Crippen molar-refractivity contribution in [3.63, 3.8) is 0 Å². The Morgan fingerprint density at radius 3 is 2.58 bits per heavy atom. The third-order valence-electron chi connectivity index (χ3n) is 3.15. The number of ketones is 1. The Balaban J connectivity index is 1.73. The molecule has 0 heterocycles. The van der Waals surface area contributed by atoms with E-state index in [9.17, 15) is 4.79 Å². The molecule has 2 aliphatic carbocycles. The van der Waals surface area contributed by atoms with Crippen molar-refractivity contribution in [2.24, 2.45) is 17.8 Å². The van der Waals surface area contributed by atoms with Gasteiger partial charge in [-0.3, -0.25) is 4.79 Å². The molecule has 0 aromatic heterocycles. The number of carbonyl (C=O) groups excluding carboxylic acids is 1. The summed E-state index contributed by atoms with van der Waals surface area (Å²) in [6, 6.07) is 0. The highest BCUT2D eigenvalue weighted by Gasteiger charge is 2.47. The molecule has 2 heteroatoms. The number of Topliss-reactive ketones (excluding diaryl/α,β-unsaturated/α-hetero) is 1. The Hall–Kier alpha value is -0.370. The van der Waals surface area contributed by atoms with Gasteiger partial charge in [-0.2, -0.15) is 0 Å². The first-order valence-corrected chi connectivity index (χ1v) is 4.91. The summed E-state index contributed by atoms with van der Waals surface area (Å²) in [5.41, 5.74) is 0. The molecule has 2 nitrogen and oxygen atoms in total. The molecule has 0 aromatic rings. The fraction of sp³-hybridized carbons (Fsp3) is 0.900. The summed E-state index contributed by atoms with van der Waals surface area (Å²) >= 11 is 0. The first-order chi connectivity index (χ1) is 5.81. The summed E-state index contributed by atoms with van der Waals surface area (Å²) in [5, 5.41) is 0. The van der Waals surface area contributed by atoms with Crippen LogP contribution in [0.5, 0.6) is 0 Å². The van der Waals surface area contributed by atoms with E-state index in [4.69, 9.17) is 4.74 Å². The van der Waals surface area contributed by atoms with Gasteiger partial charge >= 0.3 is 0 Å². The van der Waals surface area contributed by atoms with Gasteiger partial charge in [0.1, 0.15) is 6.61 Å². The number of carbonyl (C=O) groups is 1. The monoisotopic (exact) mass is 168 g/mol. The van der Waals surface area contributed by atoms with E-state index in [1.54, 1.807) is 0 Å². The molecule has 2 unspecified atom stereocenters. The first kappa shape index (κ1) is 8.24. The van der Waals surface area contributed by atoms with Gasteiger partial charge in [0, 0.05) is 12.5 Å². The quantitative estimate of drug-likeness (QED) is 0.638. The zero-order valence-corrected chi connectivity index (χ0v) is 7.58. The van der Waals surface area contributed by atoms with Gasteiger partial charge < -0.3 is 4.74 Å². The Bertz CT molecular complexity index is 178. The Morgan fingerprint density at radius 1 is 1.33 bits per heavy atom. The molecule has 2 atom stereocenters. The standard InChI is InChI=1S/C10H16O2/c1-2-12-6-10(11)9-4-7-3-8(7)5-9/h7-9H,2-6H2,1H3. The largest absolute Gasteiger partial charge is 0.374 e. The molecule has 0 saturated heterocycles. The van der Waals surface area contributed by atoms with Gasteiger partial charge in [0.25, 0.3) is 0 Å². The van der Waals surface area contributed by atoms with Gasteiger partial charge in [-0.15, -0.1) is 0 Å². The fourth-order valence-electron chi connectivity index (χ4n) is 2.30. The molecular formula is C10H16O2. The number of hydrogen-bond donors (Lipinski definition) is 0. The lowest BCUT2D eigenvalue weighted by Crippen LogP contribution is -2.18. The molecule has 68 valence electrons. The van der Waals surface area contributed by atoms with E-state index in [-0.39, 0.29) is 0 Å². The predicted molar refractivity (Wildman–Crippen MR) is 45.8 cm³/mol. The zero-order valence-electron chi connectivity index (χ0n) is 7.58. The van der Waals surface area contributed by atoms with Crippen LogP contribution in [0.15, 0.2) is 0 Å². The van der Waals surface area contributed by atoms with Gasteiger partial charge in [-0.25, -0.2) is 0 Å². The van der Waals surface area contributed by atoms with Crippen molar-refractivity contribution >= 4 is 5.78 Å². The maximum Gasteiger partial charge on any atom is 0.161 e. The second-order valence-corrected chi connectivity index (χ2v) is 4.03. The average Bonchev–Trinajstić information content (AvgIpc) is 2.69. The summed E-state index contributed by atoms with van der Waals surface area (Å²) in [6.07, 6.45) is 3.69. The topological polar surface area (TPSA) is 26.3 Å². The van der Waals surface area contributed by atoms with E-state index in [0.717, 1.165) is 24.7 Å². The second kappa shape index (κ2) is 3.17. The van der Waals surface area contributed by atoms with Crippen LogP contribution in [0, 0.1) is 17.8 Å². The third-order valence-corrected chi connectivity index (χ3v) is 3.15. The van der Waals surface area contributed by atoms with Crippen molar-refractivity contribution in [2.75, 3.05) is 13.2 Å². The van der Waals surface area contributed by atoms with Crippen LogP contribution in [0.4, 0.5) is 0 Å². The smallest absolute Gasteiger partial charge is 0.161 e. The molecule has 2 rings (SSSR count). The molecule has 0 aliphatic heterocycles. The lowest BCUT2D eigenvalue weighted by Gasteiger charge is -2.09. The van der Waals surface area contributed by atoms with Crippen LogP contribution in [0.3, 0.4) is 0 Å². The maximum atomic E-state index is 11.4. The molecule has 0 N–H and O–H groups in total. The van der Waals surface area contributed by atoms with Gasteiger partial charge in [0.2, 0.25) is 0 Å². The average molecular weight is 168 g/mol. The van der Waals surface area contributed by atoms with E-state index in [0.29, 0.717) is 24.9 Å². The molecular weight excluding hydrogens is 152 g/mol. The highest BCUT2D eigenvalue weighted by Crippen LogP contribution is 2.54. The maximum absolute atomic E-state index is 11.4. The molecule has 0 aromatic carbocycles. The molecule has 2 fully saturated rings. The molecule has 0 radical (unpaired) electrons. The second-order valence-electron chi connectivity index (χ2n) is 4.03. The zero-order chi connectivity index (χ0) is 8.55. The molecule has 0 bridgehead atoms. The molecule has 2 aliphatic rings. The minimum Gasteiger partial charge on any atom is -0.374 e. The third kappa shape index (κ3) is 1.53. The summed E-state index contributed by atoms with van der Waals surface area (Å²) in [7, 11) is 0. The molecule has 2 saturated carbocycles. The predicted octanol–water partition coefficient (Wildman–Crippen LogP) is 1.64. The van der Waals surface area contributed by atoms with E-state index < -0.39 is 0 Å². The minimum atomic E-state index is 0.337. The van der Waals surface area contributed by atoms with Crippen molar-refractivity contribution in [1.82, 2.24) is 0 Å². The van der Waals surface area contributed by atoms with Crippen LogP contribution in [-0.4, -0.2) is 19.0 Å². The molecule has 12 heavy (non-hydrogen) atoms. The number of hydrogen-bond acceptors (Lipinski definition) is 2.